The molecule has 0 aromatic heterocycles. The maximum Gasteiger partial charge on any atom is 0.267 e. The summed E-state index contributed by atoms with van der Waals surface area (Å²) in [7, 11) is -1.36. The van der Waals surface area contributed by atoms with Crippen molar-refractivity contribution in [3.8, 4) is 0 Å². The van der Waals surface area contributed by atoms with E-state index in [0.29, 0.717) is 23.4 Å². The lowest BCUT2D eigenvalue weighted by molar-refractivity contribution is 0.0876. The predicted octanol–water partition coefficient (Wildman–Crippen LogP) is 2.41. The fraction of sp³-hybridized carbons (Fsp3) is 0.133. The molecule has 0 spiro atoms. The van der Waals surface area contributed by atoms with Crippen molar-refractivity contribution in [3.63, 3.8) is 0 Å². The van der Waals surface area contributed by atoms with Crippen LogP contribution >= 0.6 is 0 Å². The summed E-state index contributed by atoms with van der Waals surface area (Å²) in [6.45, 7) is 0.476. The van der Waals surface area contributed by atoms with Crippen molar-refractivity contribution in [2.24, 2.45) is 0 Å². The van der Waals surface area contributed by atoms with Crippen LogP contribution in [0.25, 0.3) is 0 Å². The van der Waals surface area contributed by atoms with E-state index in [9.17, 15) is 9.00 Å². The smallest absolute Gasteiger partial charge is 0.267 e. The highest BCUT2D eigenvalue weighted by Gasteiger charge is 2.33. The minimum absolute atomic E-state index is 0.134. The third kappa shape index (κ3) is 2.19. The SMILES string of the molecule is O=C1c2ccccc2S(=O)N1CCc1ccccc1. The molecule has 19 heavy (non-hydrogen) atoms. The number of hydrogen-bond donors (Lipinski definition) is 0. The van der Waals surface area contributed by atoms with Crippen LogP contribution in [0.2, 0.25) is 0 Å². The van der Waals surface area contributed by atoms with Crippen LogP contribution in [0.15, 0.2) is 59.5 Å². The van der Waals surface area contributed by atoms with Gasteiger partial charge in [-0.15, -0.1) is 0 Å². The van der Waals surface area contributed by atoms with Gasteiger partial charge in [-0.1, -0.05) is 42.5 Å². The number of rotatable bonds is 3. The van der Waals surface area contributed by atoms with Crippen LogP contribution in [0.1, 0.15) is 15.9 Å². The van der Waals surface area contributed by atoms with Gasteiger partial charge in [0.05, 0.1) is 10.5 Å². The van der Waals surface area contributed by atoms with Gasteiger partial charge in [0.1, 0.15) is 0 Å². The molecule has 2 aromatic rings. The normalized spacial score (nSPS) is 17.6. The van der Waals surface area contributed by atoms with E-state index in [1.165, 1.54) is 4.31 Å². The van der Waals surface area contributed by atoms with Gasteiger partial charge in [0, 0.05) is 6.54 Å². The Morgan fingerprint density at radius 1 is 0.947 bits per heavy atom. The summed E-state index contributed by atoms with van der Waals surface area (Å²) >= 11 is 0. The van der Waals surface area contributed by atoms with Gasteiger partial charge in [-0.3, -0.25) is 9.10 Å². The zero-order chi connectivity index (χ0) is 13.2. The molecule has 1 atom stereocenters. The summed E-state index contributed by atoms with van der Waals surface area (Å²) in [6.07, 6.45) is 0.715. The van der Waals surface area contributed by atoms with Crippen LogP contribution in [0.3, 0.4) is 0 Å². The van der Waals surface area contributed by atoms with Crippen molar-refractivity contribution < 1.29 is 9.00 Å². The second-order valence-electron chi connectivity index (χ2n) is 4.39. The van der Waals surface area contributed by atoms with Crippen molar-refractivity contribution >= 4 is 16.9 Å². The van der Waals surface area contributed by atoms with Gasteiger partial charge in [-0.25, -0.2) is 4.21 Å². The highest BCUT2D eigenvalue weighted by atomic mass is 32.2. The van der Waals surface area contributed by atoms with Crippen LogP contribution in [0.4, 0.5) is 0 Å². The van der Waals surface area contributed by atoms with E-state index >= 15 is 0 Å². The Bertz CT molecular complexity index is 605. The zero-order valence-electron chi connectivity index (χ0n) is 10.3. The summed E-state index contributed by atoms with van der Waals surface area (Å²) in [5.74, 6) is -0.134. The summed E-state index contributed by atoms with van der Waals surface area (Å²) < 4.78 is 13.7. The molecular formula is C15H13NO2S. The van der Waals surface area contributed by atoms with Gasteiger partial charge < -0.3 is 0 Å². The molecule has 3 rings (SSSR count). The molecule has 0 saturated carbocycles. The number of carbonyl (C=O) groups excluding carboxylic acids is 1. The Hall–Kier alpha value is -1.94. The predicted molar refractivity (Wildman–Crippen MR) is 74.0 cm³/mol. The Labute approximate surface area is 114 Å². The lowest BCUT2D eigenvalue weighted by Crippen LogP contribution is -2.28. The Morgan fingerprint density at radius 3 is 2.37 bits per heavy atom. The van der Waals surface area contributed by atoms with Crippen LogP contribution in [0, 0.1) is 0 Å². The first-order chi connectivity index (χ1) is 9.27. The molecule has 4 heteroatoms. The fourth-order valence-electron chi connectivity index (χ4n) is 2.18. The number of fused-ring (bicyclic) bond motifs is 1. The van der Waals surface area contributed by atoms with Crippen molar-refractivity contribution in [2.45, 2.75) is 11.3 Å². The first kappa shape index (κ1) is 12.1. The van der Waals surface area contributed by atoms with Crippen LogP contribution in [0.5, 0.6) is 0 Å². The first-order valence-electron chi connectivity index (χ1n) is 6.14. The largest absolute Gasteiger partial charge is 0.268 e. The summed E-state index contributed by atoms with van der Waals surface area (Å²) in [4.78, 5) is 12.8. The van der Waals surface area contributed by atoms with E-state index in [1.807, 2.05) is 36.4 Å². The maximum atomic E-state index is 12.2. The summed E-state index contributed by atoms with van der Waals surface area (Å²) in [5, 5.41) is 0. The minimum Gasteiger partial charge on any atom is -0.268 e. The van der Waals surface area contributed by atoms with Crippen LogP contribution in [-0.4, -0.2) is 21.0 Å². The van der Waals surface area contributed by atoms with E-state index in [-0.39, 0.29) is 5.91 Å². The van der Waals surface area contributed by atoms with Gasteiger partial charge in [-0.05, 0) is 24.1 Å². The molecule has 1 heterocycles. The minimum atomic E-state index is -1.36. The van der Waals surface area contributed by atoms with Crippen molar-refractivity contribution in [1.82, 2.24) is 4.31 Å². The average Bonchev–Trinajstić information content (AvgIpc) is 2.71. The molecule has 1 unspecified atom stereocenters. The molecule has 0 bridgehead atoms. The number of amides is 1. The first-order valence-corrected chi connectivity index (χ1v) is 7.25. The Balaban J connectivity index is 1.78. The van der Waals surface area contributed by atoms with E-state index in [2.05, 4.69) is 0 Å². The molecule has 0 N–H and O–H groups in total. The molecule has 1 aliphatic heterocycles. The molecule has 1 aliphatic rings. The van der Waals surface area contributed by atoms with Crippen LogP contribution in [-0.2, 0) is 17.4 Å². The lowest BCUT2D eigenvalue weighted by atomic mass is 10.1. The van der Waals surface area contributed by atoms with E-state index < -0.39 is 11.0 Å². The summed E-state index contributed by atoms with van der Waals surface area (Å²) in [5.41, 5.74) is 1.71. The molecule has 0 aliphatic carbocycles. The topological polar surface area (TPSA) is 37.4 Å². The standard InChI is InChI=1S/C15H13NO2S/c17-15-13-8-4-5-9-14(13)19(18)16(15)11-10-12-6-2-1-3-7-12/h1-9H,10-11H2. The quantitative estimate of drug-likeness (QED) is 0.859. The Kier molecular flexibility index (Phi) is 3.17. The highest BCUT2D eigenvalue weighted by molar-refractivity contribution is 7.84. The van der Waals surface area contributed by atoms with E-state index in [1.54, 1.807) is 18.2 Å². The monoisotopic (exact) mass is 271 g/mol. The average molecular weight is 271 g/mol. The fourth-order valence-corrected chi connectivity index (χ4v) is 3.47. The van der Waals surface area contributed by atoms with E-state index in [4.69, 9.17) is 0 Å². The number of hydrogen-bond acceptors (Lipinski definition) is 2. The Morgan fingerprint density at radius 2 is 1.63 bits per heavy atom. The molecule has 0 saturated heterocycles. The molecule has 0 radical (unpaired) electrons. The van der Waals surface area contributed by atoms with Gasteiger partial charge in [0.2, 0.25) is 0 Å². The molecule has 2 aromatic carbocycles. The highest BCUT2D eigenvalue weighted by Crippen LogP contribution is 2.26. The van der Waals surface area contributed by atoms with Crippen molar-refractivity contribution in [3.05, 3.63) is 65.7 Å². The third-order valence-corrected chi connectivity index (χ3v) is 4.66. The molecule has 3 nitrogen and oxygen atoms in total. The molecule has 0 fully saturated rings. The van der Waals surface area contributed by atoms with Crippen molar-refractivity contribution in [2.75, 3.05) is 6.54 Å². The third-order valence-electron chi connectivity index (χ3n) is 3.18. The zero-order valence-corrected chi connectivity index (χ0v) is 11.1. The van der Waals surface area contributed by atoms with Crippen molar-refractivity contribution in [1.29, 1.82) is 0 Å². The molecule has 96 valence electrons. The van der Waals surface area contributed by atoms with Gasteiger partial charge in [0.25, 0.3) is 5.91 Å². The molecular weight excluding hydrogens is 258 g/mol. The van der Waals surface area contributed by atoms with Gasteiger partial charge in [0.15, 0.2) is 11.0 Å². The molecule has 1 amide bonds. The van der Waals surface area contributed by atoms with E-state index in [0.717, 1.165) is 5.56 Å². The second kappa shape index (κ2) is 4.97. The number of nitrogens with zero attached hydrogens (tertiary/aromatic N) is 1. The van der Waals surface area contributed by atoms with Crippen LogP contribution < -0.4 is 0 Å². The van der Waals surface area contributed by atoms with Gasteiger partial charge in [-0.2, -0.15) is 0 Å². The van der Waals surface area contributed by atoms with Gasteiger partial charge >= 0.3 is 0 Å². The second-order valence-corrected chi connectivity index (χ2v) is 5.77. The lowest BCUT2D eigenvalue weighted by Gasteiger charge is -2.13. The number of carbonyl (C=O) groups is 1. The summed E-state index contributed by atoms with van der Waals surface area (Å²) in [6, 6.07) is 17.0. The maximum absolute atomic E-state index is 12.2. The number of benzene rings is 2.